The molecule has 0 saturated carbocycles. The number of hydrogen-bond acceptors (Lipinski definition) is 2. The Morgan fingerprint density at radius 2 is 2.25 bits per heavy atom. The summed E-state index contributed by atoms with van der Waals surface area (Å²) in [4.78, 5) is 0. The van der Waals surface area contributed by atoms with Crippen molar-refractivity contribution in [3.63, 3.8) is 0 Å². The van der Waals surface area contributed by atoms with Gasteiger partial charge in [0, 0.05) is 5.56 Å². The van der Waals surface area contributed by atoms with Gasteiger partial charge in [0.1, 0.15) is 6.10 Å². The van der Waals surface area contributed by atoms with Gasteiger partial charge in [0.25, 0.3) is 0 Å². The van der Waals surface area contributed by atoms with Gasteiger partial charge in [0.05, 0.1) is 6.04 Å². The van der Waals surface area contributed by atoms with Gasteiger partial charge in [-0.2, -0.15) is 0 Å². The van der Waals surface area contributed by atoms with E-state index >= 15 is 0 Å². The first kappa shape index (κ1) is 7.55. The monoisotopic (exact) mass is 167 g/mol. The van der Waals surface area contributed by atoms with Crippen molar-refractivity contribution >= 4 is 0 Å². The van der Waals surface area contributed by atoms with E-state index in [-0.39, 0.29) is 18.0 Å². The maximum Gasteiger partial charge on any atom is 0.165 e. The van der Waals surface area contributed by atoms with Crippen LogP contribution in [0.25, 0.3) is 0 Å². The van der Waals surface area contributed by atoms with Gasteiger partial charge in [-0.15, -0.1) is 0 Å². The van der Waals surface area contributed by atoms with Gasteiger partial charge in [-0.3, -0.25) is 0 Å². The van der Waals surface area contributed by atoms with Crippen molar-refractivity contribution in [2.45, 2.75) is 19.1 Å². The summed E-state index contributed by atoms with van der Waals surface area (Å²) >= 11 is 0. The van der Waals surface area contributed by atoms with E-state index in [4.69, 9.17) is 10.5 Å². The zero-order chi connectivity index (χ0) is 8.72. The molecule has 12 heavy (non-hydrogen) atoms. The standard InChI is InChI=1S/C9H10FNO/c1-5-8(11)6-3-2-4-7(10)9(6)12-5/h2-5,8H,11H2,1H3/t5-,8-/m0/s1. The van der Waals surface area contributed by atoms with Crippen LogP contribution in [0, 0.1) is 5.82 Å². The molecule has 0 aromatic heterocycles. The summed E-state index contributed by atoms with van der Waals surface area (Å²) in [6.45, 7) is 1.84. The summed E-state index contributed by atoms with van der Waals surface area (Å²) < 4.78 is 18.3. The van der Waals surface area contributed by atoms with Gasteiger partial charge in [0.15, 0.2) is 11.6 Å². The lowest BCUT2D eigenvalue weighted by atomic mass is 10.1. The highest BCUT2D eigenvalue weighted by molar-refractivity contribution is 5.41. The van der Waals surface area contributed by atoms with Crippen molar-refractivity contribution < 1.29 is 9.13 Å². The highest BCUT2D eigenvalue weighted by Gasteiger charge is 2.29. The third-order valence-electron chi connectivity index (χ3n) is 2.17. The molecule has 1 aliphatic rings. The molecule has 0 spiro atoms. The van der Waals surface area contributed by atoms with Gasteiger partial charge in [0.2, 0.25) is 0 Å². The summed E-state index contributed by atoms with van der Waals surface area (Å²) in [5, 5.41) is 0. The van der Waals surface area contributed by atoms with Crippen LogP contribution in [0.3, 0.4) is 0 Å². The fraction of sp³-hybridized carbons (Fsp3) is 0.333. The molecule has 0 fully saturated rings. The van der Waals surface area contributed by atoms with Crippen LogP contribution in [-0.4, -0.2) is 6.10 Å². The molecule has 0 unspecified atom stereocenters. The minimum Gasteiger partial charge on any atom is -0.485 e. The van der Waals surface area contributed by atoms with Crippen molar-refractivity contribution in [2.75, 3.05) is 0 Å². The molecule has 0 radical (unpaired) electrons. The van der Waals surface area contributed by atoms with Gasteiger partial charge < -0.3 is 10.5 Å². The maximum atomic E-state index is 13.1. The van der Waals surface area contributed by atoms with Crippen LogP contribution in [0.1, 0.15) is 18.5 Å². The lowest BCUT2D eigenvalue weighted by Crippen LogP contribution is -2.21. The third kappa shape index (κ3) is 0.898. The van der Waals surface area contributed by atoms with Gasteiger partial charge >= 0.3 is 0 Å². The molecule has 0 saturated heterocycles. The topological polar surface area (TPSA) is 35.2 Å². The Morgan fingerprint density at radius 1 is 1.50 bits per heavy atom. The zero-order valence-corrected chi connectivity index (χ0v) is 6.75. The second-order valence-electron chi connectivity index (χ2n) is 3.01. The van der Waals surface area contributed by atoms with Crippen LogP contribution < -0.4 is 10.5 Å². The maximum absolute atomic E-state index is 13.1. The Bertz CT molecular complexity index is 313. The Hall–Kier alpha value is -1.09. The van der Waals surface area contributed by atoms with Crippen LogP contribution in [0.15, 0.2) is 18.2 Å². The molecule has 0 aliphatic carbocycles. The van der Waals surface area contributed by atoms with Gasteiger partial charge in [-0.1, -0.05) is 12.1 Å². The van der Waals surface area contributed by atoms with Crippen LogP contribution >= 0.6 is 0 Å². The summed E-state index contributed by atoms with van der Waals surface area (Å²) in [6.07, 6.45) is -0.128. The van der Waals surface area contributed by atoms with E-state index in [1.807, 2.05) is 6.92 Å². The molecule has 3 heteroatoms. The van der Waals surface area contributed by atoms with Crippen molar-refractivity contribution in [3.8, 4) is 5.75 Å². The molecule has 0 amide bonds. The molecule has 0 bridgehead atoms. The number of nitrogens with two attached hydrogens (primary N) is 1. The highest BCUT2D eigenvalue weighted by Crippen LogP contribution is 2.36. The van der Waals surface area contributed by atoms with Crippen LogP contribution in [0.2, 0.25) is 0 Å². The van der Waals surface area contributed by atoms with E-state index < -0.39 is 0 Å². The van der Waals surface area contributed by atoms with Crippen molar-refractivity contribution in [1.82, 2.24) is 0 Å². The molecule has 2 atom stereocenters. The predicted molar refractivity (Wildman–Crippen MR) is 43.4 cm³/mol. The van der Waals surface area contributed by atoms with E-state index in [0.717, 1.165) is 5.56 Å². The number of halogens is 1. The minimum absolute atomic E-state index is 0.128. The molecular weight excluding hydrogens is 157 g/mol. The average Bonchev–Trinajstić information content (AvgIpc) is 2.32. The van der Waals surface area contributed by atoms with E-state index in [1.54, 1.807) is 12.1 Å². The average molecular weight is 167 g/mol. The SMILES string of the molecule is C[C@@H]1Oc2c(F)cccc2[C@H]1N. The first-order chi connectivity index (χ1) is 5.70. The summed E-state index contributed by atoms with van der Waals surface area (Å²) in [6, 6.07) is 4.63. The zero-order valence-electron chi connectivity index (χ0n) is 6.75. The molecule has 1 aromatic rings. The molecule has 1 aliphatic heterocycles. The lowest BCUT2D eigenvalue weighted by Gasteiger charge is -2.07. The first-order valence-electron chi connectivity index (χ1n) is 3.91. The Kier molecular flexibility index (Phi) is 1.54. The normalized spacial score (nSPS) is 26.6. The van der Waals surface area contributed by atoms with Crippen molar-refractivity contribution in [2.24, 2.45) is 5.73 Å². The second kappa shape index (κ2) is 2.45. The fourth-order valence-electron chi connectivity index (χ4n) is 1.42. The van der Waals surface area contributed by atoms with E-state index in [1.165, 1.54) is 6.07 Å². The van der Waals surface area contributed by atoms with Gasteiger partial charge in [-0.05, 0) is 13.0 Å². The minimum atomic E-state index is -0.327. The largest absolute Gasteiger partial charge is 0.485 e. The quantitative estimate of drug-likeness (QED) is 0.637. The molecule has 1 heterocycles. The molecule has 2 N–H and O–H groups in total. The van der Waals surface area contributed by atoms with Crippen molar-refractivity contribution in [1.29, 1.82) is 0 Å². The first-order valence-corrected chi connectivity index (χ1v) is 3.91. The predicted octanol–water partition coefficient (Wildman–Crippen LogP) is 1.61. The molecule has 2 nitrogen and oxygen atoms in total. The number of benzene rings is 1. The molecular formula is C9H10FNO. The summed E-state index contributed by atoms with van der Waals surface area (Å²) in [7, 11) is 0. The van der Waals surface area contributed by atoms with Gasteiger partial charge in [-0.25, -0.2) is 4.39 Å². The summed E-state index contributed by atoms with van der Waals surface area (Å²) in [5.41, 5.74) is 6.53. The van der Waals surface area contributed by atoms with E-state index in [0.29, 0.717) is 5.75 Å². The Morgan fingerprint density at radius 3 is 2.92 bits per heavy atom. The molecule has 1 aromatic carbocycles. The van der Waals surface area contributed by atoms with E-state index in [2.05, 4.69) is 0 Å². The van der Waals surface area contributed by atoms with Crippen LogP contribution in [-0.2, 0) is 0 Å². The molecule has 2 rings (SSSR count). The highest BCUT2D eigenvalue weighted by atomic mass is 19.1. The lowest BCUT2D eigenvalue weighted by molar-refractivity contribution is 0.220. The fourth-order valence-corrected chi connectivity index (χ4v) is 1.42. The number of rotatable bonds is 0. The van der Waals surface area contributed by atoms with Crippen molar-refractivity contribution in [3.05, 3.63) is 29.6 Å². The smallest absolute Gasteiger partial charge is 0.165 e. The second-order valence-corrected chi connectivity index (χ2v) is 3.01. The number of hydrogen-bond donors (Lipinski definition) is 1. The number of para-hydroxylation sites is 1. The Labute approximate surface area is 70.1 Å². The Balaban J connectivity index is 2.53. The van der Waals surface area contributed by atoms with Crippen LogP contribution in [0.5, 0.6) is 5.75 Å². The van der Waals surface area contributed by atoms with Crippen LogP contribution in [0.4, 0.5) is 4.39 Å². The van der Waals surface area contributed by atoms with E-state index in [9.17, 15) is 4.39 Å². The molecule has 64 valence electrons. The third-order valence-corrected chi connectivity index (χ3v) is 2.17. The number of ether oxygens (including phenoxy) is 1. The number of fused-ring (bicyclic) bond motifs is 1. The summed E-state index contributed by atoms with van der Waals surface area (Å²) in [5.74, 6) is -0.00944.